The van der Waals surface area contributed by atoms with E-state index in [2.05, 4.69) is 17.1 Å². The molecule has 0 aromatic carbocycles. The standard InChI is InChI=1S/C17H28N2O/c1-11-2-4-19(5-3-18-11)17(20)16-14-7-12-6-13(9-14)10-15(16)8-12/h11-16,18H,2-10H2,1H3. The highest BCUT2D eigenvalue weighted by Crippen LogP contribution is 2.56. The third-order valence-corrected chi connectivity index (χ3v) is 6.53. The summed E-state index contributed by atoms with van der Waals surface area (Å²) in [4.78, 5) is 15.2. The molecule has 5 rings (SSSR count). The average molecular weight is 276 g/mol. The average Bonchev–Trinajstić information content (AvgIpc) is 2.62. The topological polar surface area (TPSA) is 32.3 Å². The molecule has 0 radical (unpaired) electrons. The minimum Gasteiger partial charge on any atom is -0.341 e. The summed E-state index contributed by atoms with van der Waals surface area (Å²) in [5.41, 5.74) is 0. The van der Waals surface area contributed by atoms with Gasteiger partial charge in [0.1, 0.15) is 0 Å². The molecule has 4 aliphatic carbocycles. The minimum atomic E-state index is 0.385. The number of carbonyl (C=O) groups is 1. The molecule has 20 heavy (non-hydrogen) atoms. The van der Waals surface area contributed by atoms with Crippen molar-refractivity contribution in [3.8, 4) is 0 Å². The van der Waals surface area contributed by atoms with Gasteiger partial charge in [0, 0.05) is 31.6 Å². The van der Waals surface area contributed by atoms with Crippen molar-refractivity contribution in [2.24, 2.45) is 29.6 Å². The van der Waals surface area contributed by atoms with Crippen molar-refractivity contribution < 1.29 is 4.79 Å². The lowest BCUT2D eigenvalue weighted by Crippen LogP contribution is -2.52. The highest BCUT2D eigenvalue weighted by Gasteiger charge is 2.51. The number of hydrogen-bond acceptors (Lipinski definition) is 2. The van der Waals surface area contributed by atoms with Gasteiger partial charge in [0.05, 0.1) is 0 Å². The summed E-state index contributed by atoms with van der Waals surface area (Å²) >= 11 is 0. The molecule has 0 aromatic rings. The molecule has 1 amide bonds. The Balaban J connectivity index is 1.48. The molecule has 1 N–H and O–H groups in total. The van der Waals surface area contributed by atoms with E-state index in [1.807, 2.05) is 0 Å². The Morgan fingerprint density at radius 1 is 1.00 bits per heavy atom. The van der Waals surface area contributed by atoms with Gasteiger partial charge in [0.15, 0.2) is 0 Å². The number of nitrogens with one attached hydrogen (secondary N) is 1. The predicted octanol–water partition coefficient (Wildman–Crippen LogP) is 2.27. The van der Waals surface area contributed by atoms with Crippen LogP contribution in [-0.4, -0.2) is 36.5 Å². The first-order chi connectivity index (χ1) is 9.70. The highest BCUT2D eigenvalue weighted by atomic mass is 16.2. The third kappa shape index (κ3) is 2.18. The lowest BCUT2D eigenvalue weighted by Gasteiger charge is -2.54. The van der Waals surface area contributed by atoms with Crippen molar-refractivity contribution in [2.45, 2.75) is 51.5 Å². The van der Waals surface area contributed by atoms with Crippen LogP contribution in [0.2, 0.25) is 0 Å². The van der Waals surface area contributed by atoms with E-state index in [0.717, 1.165) is 49.7 Å². The van der Waals surface area contributed by atoms with E-state index in [1.165, 1.54) is 32.1 Å². The molecule has 1 unspecified atom stereocenters. The van der Waals surface area contributed by atoms with Gasteiger partial charge in [-0.15, -0.1) is 0 Å². The largest absolute Gasteiger partial charge is 0.341 e. The molecule has 1 saturated heterocycles. The van der Waals surface area contributed by atoms with E-state index in [1.54, 1.807) is 0 Å². The fourth-order valence-corrected chi connectivity index (χ4v) is 5.77. The molecule has 0 aromatic heterocycles. The fourth-order valence-electron chi connectivity index (χ4n) is 5.77. The van der Waals surface area contributed by atoms with E-state index in [9.17, 15) is 4.79 Å². The Bertz CT molecular complexity index is 366. The quantitative estimate of drug-likeness (QED) is 0.797. The number of amides is 1. The summed E-state index contributed by atoms with van der Waals surface area (Å²) in [5, 5.41) is 3.50. The maximum atomic E-state index is 13.0. The maximum Gasteiger partial charge on any atom is 0.226 e. The van der Waals surface area contributed by atoms with Gasteiger partial charge in [-0.2, -0.15) is 0 Å². The zero-order valence-corrected chi connectivity index (χ0v) is 12.7. The van der Waals surface area contributed by atoms with Crippen LogP contribution >= 0.6 is 0 Å². The van der Waals surface area contributed by atoms with E-state index < -0.39 is 0 Å². The van der Waals surface area contributed by atoms with Crippen LogP contribution in [0.25, 0.3) is 0 Å². The van der Waals surface area contributed by atoms with Gasteiger partial charge in [-0.05, 0) is 69.1 Å². The Kier molecular flexibility index (Phi) is 3.29. The van der Waals surface area contributed by atoms with Gasteiger partial charge >= 0.3 is 0 Å². The highest BCUT2D eigenvalue weighted by molar-refractivity contribution is 5.80. The number of carbonyl (C=O) groups excluding carboxylic acids is 1. The van der Waals surface area contributed by atoms with Crippen LogP contribution < -0.4 is 5.32 Å². The van der Waals surface area contributed by atoms with Crippen molar-refractivity contribution in [1.29, 1.82) is 0 Å². The summed E-state index contributed by atoms with van der Waals surface area (Å²) in [5.74, 6) is 4.28. The van der Waals surface area contributed by atoms with Crippen LogP contribution in [0.4, 0.5) is 0 Å². The fraction of sp³-hybridized carbons (Fsp3) is 0.941. The molecule has 1 heterocycles. The number of hydrogen-bond donors (Lipinski definition) is 1. The Labute approximate surface area is 122 Å². The lowest BCUT2D eigenvalue weighted by atomic mass is 9.51. The van der Waals surface area contributed by atoms with E-state index >= 15 is 0 Å². The maximum absolute atomic E-state index is 13.0. The van der Waals surface area contributed by atoms with Gasteiger partial charge in [-0.3, -0.25) is 4.79 Å². The van der Waals surface area contributed by atoms with Gasteiger partial charge in [0.2, 0.25) is 5.91 Å². The molecule has 1 aliphatic heterocycles. The Hall–Kier alpha value is -0.570. The predicted molar refractivity (Wildman–Crippen MR) is 79.2 cm³/mol. The van der Waals surface area contributed by atoms with Crippen LogP contribution in [0, 0.1) is 29.6 Å². The first-order valence-corrected chi connectivity index (χ1v) is 8.73. The molecule has 1 atom stereocenters. The van der Waals surface area contributed by atoms with Crippen molar-refractivity contribution in [3.05, 3.63) is 0 Å². The summed E-state index contributed by atoms with van der Waals surface area (Å²) < 4.78 is 0. The zero-order chi connectivity index (χ0) is 13.7. The van der Waals surface area contributed by atoms with Crippen LogP contribution in [0.5, 0.6) is 0 Å². The monoisotopic (exact) mass is 276 g/mol. The summed E-state index contributed by atoms with van der Waals surface area (Å²) in [7, 11) is 0. The van der Waals surface area contributed by atoms with Gasteiger partial charge in [-0.1, -0.05) is 0 Å². The Morgan fingerprint density at radius 3 is 2.30 bits per heavy atom. The lowest BCUT2D eigenvalue weighted by molar-refractivity contribution is -0.148. The Morgan fingerprint density at radius 2 is 1.65 bits per heavy atom. The minimum absolute atomic E-state index is 0.385. The van der Waals surface area contributed by atoms with E-state index in [4.69, 9.17) is 0 Å². The molecular weight excluding hydrogens is 248 g/mol. The summed E-state index contributed by atoms with van der Waals surface area (Å²) in [6.07, 6.45) is 7.99. The summed E-state index contributed by atoms with van der Waals surface area (Å²) in [6.45, 7) is 5.10. The van der Waals surface area contributed by atoms with Crippen molar-refractivity contribution in [1.82, 2.24) is 10.2 Å². The molecule has 5 fully saturated rings. The summed E-state index contributed by atoms with van der Waals surface area (Å²) in [6, 6.07) is 0.561. The number of rotatable bonds is 1. The van der Waals surface area contributed by atoms with Gasteiger partial charge in [-0.25, -0.2) is 0 Å². The molecule has 4 saturated carbocycles. The molecule has 3 heteroatoms. The first-order valence-electron chi connectivity index (χ1n) is 8.73. The number of nitrogens with zero attached hydrogens (tertiary/aromatic N) is 1. The normalized spacial score (nSPS) is 47.4. The van der Waals surface area contributed by atoms with E-state index in [-0.39, 0.29) is 0 Å². The molecule has 3 nitrogen and oxygen atoms in total. The van der Waals surface area contributed by atoms with Gasteiger partial charge in [0.25, 0.3) is 0 Å². The van der Waals surface area contributed by atoms with Crippen molar-refractivity contribution in [3.63, 3.8) is 0 Å². The molecular formula is C17H28N2O. The van der Waals surface area contributed by atoms with Crippen LogP contribution in [0.3, 0.4) is 0 Å². The second-order valence-electron chi connectivity index (χ2n) is 7.93. The molecule has 4 bridgehead atoms. The second kappa shape index (κ2) is 5.01. The molecule has 0 spiro atoms. The smallest absolute Gasteiger partial charge is 0.226 e. The first kappa shape index (κ1) is 13.1. The SMILES string of the molecule is CC1CCN(C(=O)C2C3CC4CC(C3)CC2C4)CCN1. The molecule has 5 aliphatic rings. The zero-order valence-electron chi connectivity index (χ0n) is 12.7. The van der Waals surface area contributed by atoms with Crippen LogP contribution in [0.15, 0.2) is 0 Å². The van der Waals surface area contributed by atoms with Crippen molar-refractivity contribution >= 4 is 5.91 Å². The van der Waals surface area contributed by atoms with Gasteiger partial charge < -0.3 is 10.2 Å². The third-order valence-electron chi connectivity index (χ3n) is 6.53. The van der Waals surface area contributed by atoms with Crippen molar-refractivity contribution in [2.75, 3.05) is 19.6 Å². The van der Waals surface area contributed by atoms with E-state index in [0.29, 0.717) is 17.9 Å². The molecule has 112 valence electrons. The van der Waals surface area contributed by atoms with Crippen LogP contribution in [0.1, 0.15) is 45.4 Å². The van der Waals surface area contributed by atoms with Crippen LogP contribution in [-0.2, 0) is 4.79 Å². The second-order valence-corrected chi connectivity index (χ2v) is 7.93.